The Bertz CT molecular complexity index is 679. The first-order chi connectivity index (χ1) is 9.51. The maximum Gasteiger partial charge on any atom is 0.161 e. The molecule has 0 saturated carbocycles. The molecule has 0 N–H and O–H groups in total. The van der Waals surface area contributed by atoms with E-state index in [1.807, 2.05) is 24.1 Å². The molecule has 0 atom stereocenters. The van der Waals surface area contributed by atoms with E-state index in [9.17, 15) is 4.39 Å². The molecule has 0 aliphatic carbocycles. The Morgan fingerprint density at radius 1 is 1.35 bits per heavy atom. The molecule has 102 valence electrons. The second-order valence-electron chi connectivity index (χ2n) is 4.55. The molecule has 0 bridgehead atoms. The third-order valence-electron chi connectivity index (χ3n) is 2.98. The molecular weight excluding hydrogens is 277 g/mol. The molecule has 0 radical (unpaired) electrons. The number of halogens is 2. The van der Waals surface area contributed by atoms with Gasteiger partial charge in [0, 0.05) is 13.6 Å². The number of nitriles is 1. The van der Waals surface area contributed by atoms with E-state index in [-0.39, 0.29) is 11.5 Å². The summed E-state index contributed by atoms with van der Waals surface area (Å²) in [6, 6.07) is 10.4. The molecule has 2 rings (SSSR count). The van der Waals surface area contributed by atoms with Crippen molar-refractivity contribution in [1.29, 1.82) is 5.26 Å². The molecule has 0 aliphatic heterocycles. The lowest BCUT2D eigenvalue weighted by molar-refractivity contribution is 0.615. The second-order valence-corrected chi connectivity index (χ2v) is 4.96. The number of benzene rings is 1. The van der Waals surface area contributed by atoms with Crippen LogP contribution in [0, 0.1) is 24.1 Å². The van der Waals surface area contributed by atoms with Crippen LogP contribution in [0.15, 0.2) is 30.3 Å². The Labute approximate surface area is 122 Å². The third kappa shape index (κ3) is 3.06. The summed E-state index contributed by atoms with van der Waals surface area (Å²) in [7, 11) is 1.83. The molecule has 3 nitrogen and oxygen atoms in total. The first-order valence-corrected chi connectivity index (χ1v) is 6.42. The smallest absolute Gasteiger partial charge is 0.161 e. The molecule has 0 saturated heterocycles. The molecule has 1 aromatic heterocycles. The van der Waals surface area contributed by atoms with Crippen LogP contribution in [-0.4, -0.2) is 12.0 Å². The average Bonchev–Trinajstić information content (AvgIpc) is 2.43. The van der Waals surface area contributed by atoms with E-state index in [2.05, 4.69) is 4.98 Å². The maximum absolute atomic E-state index is 13.5. The zero-order valence-electron chi connectivity index (χ0n) is 11.2. The summed E-state index contributed by atoms with van der Waals surface area (Å²) in [5.74, 6) is 0.393. The zero-order chi connectivity index (χ0) is 14.7. The summed E-state index contributed by atoms with van der Waals surface area (Å²) < 4.78 is 13.5. The number of rotatable bonds is 3. The Kier molecular flexibility index (Phi) is 4.21. The van der Waals surface area contributed by atoms with Gasteiger partial charge in [-0.2, -0.15) is 5.26 Å². The number of nitrogens with zero attached hydrogens (tertiary/aromatic N) is 3. The van der Waals surface area contributed by atoms with Crippen LogP contribution in [0.2, 0.25) is 5.02 Å². The molecule has 1 heterocycles. The van der Waals surface area contributed by atoms with Crippen molar-refractivity contribution in [1.82, 2.24) is 4.98 Å². The van der Waals surface area contributed by atoms with E-state index in [1.165, 1.54) is 6.07 Å². The van der Waals surface area contributed by atoms with Crippen LogP contribution >= 0.6 is 11.6 Å². The van der Waals surface area contributed by atoms with Gasteiger partial charge in [-0.15, -0.1) is 0 Å². The van der Waals surface area contributed by atoms with Crippen molar-refractivity contribution < 1.29 is 4.39 Å². The number of aryl methyl sites for hydroxylation is 1. The van der Waals surface area contributed by atoms with Gasteiger partial charge >= 0.3 is 0 Å². The standard InChI is InChI=1S/C15H13ClFN3/c1-10-3-4-11(7-13(10)17)9-20(2)15-6-5-12(16)14(8-18)19-15/h3-7H,9H2,1-2H3. The summed E-state index contributed by atoms with van der Waals surface area (Å²) in [5.41, 5.74) is 1.64. The van der Waals surface area contributed by atoms with E-state index < -0.39 is 0 Å². The highest BCUT2D eigenvalue weighted by Gasteiger charge is 2.08. The van der Waals surface area contributed by atoms with Gasteiger partial charge in [-0.1, -0.05) is 23.7 Å². The SMILES string of the molecule is Cc1ccc(CN(C)c2ccc(Cl)c(C#N)n2)cc1F. The number of hydrogen-bond acceptors (Lipinski definition) is 3. The van der Waals surface area contributed by atoms with E-state index in [0.29, 0.717) is 22.9 Å². The summed E-state index contributed by atoms with van der Waals surface area (Å²) in [4.78, 5) is 6.00. The predicted octanol–water partition coefficient (Wildman–Crippen LogP) is 3.69. The minimum absolute atomic E-state index is 0.186. The van der Waals surface area contributed by atoms with E-state index in [1.54, 1.807) is 25.1 Å². The minimum Gasteiger partial charge on any atom is -0.355 e. The molecule has 0 aliphatic rings. The first-order valence-electron chi connectivity index (χ1n) is 6.04. The highest BCUT2D eigenvalue weighted by atomic mass is 35.5. The molecule has 5 heteroatoms. The quantitative estimate of drug-likeness (QED) is 0.865. The van der Waals surface area contributed by atoms with Gasteiger partial charge in [0.25, 0.3) is 0 Å². The fourth-order valence-electron chi connectivity index (χ4n) is 1.81. The minimum atomic E-state index is -0.224. The fourth-order valence-corrected chi connectivity index (χ4v) is 1.96. The molecule has 20 heavy (non-hydrogen) atoms. The lowest BCUT2D eigenvalue weighted by Gasteiger charge is -2.18. The Hall–Kier alpha value is -2.12. The van der Waals surface area contributed by atoms with Crippen molar-refractivity contribution in [3.8, 4) is 6.07 Å². The summed E-state index contributed by atoms with van der Waals surface area (Å²) >= 11 is 5.85. The van der Waals surface area contributed by atoms with Crippen LogP contribution in [0.5, 0.6) is 0 Å². The average molecular weight is 290 g/mol. The second kappa shape index (κ2) is 5.89. The van der Waals surface area contributed by atoms with E-state index in [4.69, 9.17) is 16.9 Å². The van der Waals surface area contributed by atoms with Crippen molar-refractivity contribution in [3.05, 3.63) is 58.0 Å². The normalized spacial score (nSPS) is 10.2. The molecule has 0 spiro atoms. The largest absolute Gasteiger partial charge is 0.355 e. The van der Waals surface area contributed by atoms with Gasteiger partial charge in [0.2, 0.25) is 0 Å². The van der Waals surface area contributed by atoms with E-state index in [0.717, 1.165) is 5.56 Å². The monoisotopic (exact) mass is 289 g/mol. The van der Waals surface area contributed by atoms with Gasteiger partial charge in [0.15, 0.2) is 5.69 Å². The first kappa shape index (κ1) is 14.3. The Morgan fingerprint density at radius 2 is 2.10 bits per heavy atom. The summed E-state index contributed by atoms with van der Waals surface area (Å²) in [6.07, 6.45) is 0. The van der Waals surface area contributed by atoms with Crippen LogP contribution in [0.25, 0.3) is 0 Å². The maximum atomic E-state index is 13.5. The van der Waals surface area contributed by atoms with Gasteiger partial charge in [-0.25, -0.2) is 9.37 Å². The van der Waals surface area contributed by atoms with E-state index >= 15 is 0 Å². The van der Waals surface area contributed by atoms with Gasteiger partial charge in [-0.3, -0.25) is 0 Å². The van der Waals surface area contributed by atoms with Crippen molar-refractivity contribution in [2.24, 2.45) is 0 Å². The molecule has 0 unspecified atom stereocenters. The Balaban J connectivity index is 2.21. The number of hydrogen-bond donors (Lipinski definition) is 0. The van der Waals surface area contributed by atoms with Crippen LogP contribution in [-0.2, 0) is 6.54 Å². The van der Waals surface area contributed by atoms with Crippen molar-refractivity contribution in [2.45, 2.75) is 13.5 Å². The number of pyridine rings is 1. The van der Waals surface area contributed by atoms with Crippen molar-refractivity contribution in [3.63, 3.8) is 0 Å². The van der Waals surface area contributed by atoms with Crippen LogP contribution in [0.3, 0.4) is 0 Å². The zero-order valence-corrected chi connectivity index (χ0v) is 11.9. The van der Waals surface area contributed by atoms with Crippen molar-refractivity contribution >= 4 is 17.4 Å². The molecule has 0 amide bonds. The lowest BCUT2D eigenvalue weighted by atomic mass is 10.1. The lowest BCUT2D eigenvalue weighted by Crippen LogP contribution is -2.18. The van der Waals surface area contributed by atoms with Crippen LogP contribution in [0.4, 0.5) is 10.2 Å². The molecule has 2 aromatic rings. The van der Waals surface area contributed by atoms with Gasteiger partial charge < -0.3 is 4.90 Å². The Morgan fingerprint density at radius 3 is 2.75 bits per heavy atom. The third-order valence-corrected chi connectivity index (χ3v) is 3.29. The number of anilines is 1. The van der Waals surface area contributed by atoms with Gasteiger partial charge in [-0.05, 0) is 36.2 Å². The summed E-state index contributed by atoms with van der Waals surface area (Å²) in [6.45, 7) is 2.22. The van der Waals surface area contributed by atoms with Crippen LogP contribution in [0.1, 0.15) is 16.8 Å². The molecular formula is C15H13ClFN3. The molecule has 0 fully saturated rings. The molecule has 1 aromatic carbocycles. The van der Waals surface area contributed by atoms with Crippen molar-refractivity contribution in [2.75, 3.05) is 11.9 Å². The predicted molar refractivity (Wildman–Crippen MR) is 77.2 cm³/mol. The summed E-state index contributed by atoms with van der Waals surface area (Å²) in [5, 5.41) is 9.24. The van der Waals surface area contributed by atoms with Gasteiger partial charge in [0.1, 0.15) is 17.7 Å². The fraction of sp³-hybridized carbons (Fsp3) is 0.200. The van der Waals surface area contributed by atoms with Crippen LogP contribution < -0.4 is 4.90 Å². The number of aromatic nitrogens is 1. The highest BCUT2D eigenvalue weighted by Crippen LogP contribution is 2.20. The van der Waals surface area contributed by atoms with Gasteiger partial charge in [0.05, 0.1) is 5.02 Å². The topological polar surface area (TPSA) is 39.9 Å². The highest BCUT2D eigenvalue weighted by molar-refractivity contribution is 6.31.